The highest BCUT2D eigenvalue weighted by molar-refractivity contribution is 9.10. The Morgan fingerprint density at radius 3 is 2.73 bits per heavy atom. The van der Waals surface area contributed by atoms with Crippen LogP contribution in [0.5, 0.6) is 0 Å². The fourth-order valence-corrected chi connectivity index (χ4v) is 2.21. The van der Waals surface area contributed by atoms with E-state index in [1.807, 2.05) is 24.3 Å². The number of nitrogens with two attached hydrogens (primary N) is 1. The second-order valence-electron chi connectivity index (χ2n) is 2.82. The molecule has 3 nitrogen and oxygen atoms in total. The standard InChI is InChI=1S/C10H8BrN3S/c11-8-2-1-5-13-10(8)15-9-4-3-7(12)6-14-9/h1-6H,12H2. The van der Waals surface area contributed by atoms with E-state index in [2.05, 4.69) is 25.9 Å². The molecule has 0 atom stereocenters. The lowest BCUT2D eigenvalue weighted by atomic mass is 10.4. The molecule has 0 aliphatic heterocycles. The number of aromatic nitrogens is 2. The SMILES string of the molecule is Nc1ccc(Sc2ncccc2Br)nc1. The Bertz CT molecular complexity index is 458. The first-order chi connectivity index (χ1) is 7.25. The maximum absolute atomic E-state index is 5.55. The van der Waals surface area contributed by atoms with E-state index < -0.39 is 0 Å². The van der Waals surface area contributed by atoms with Gasteiger partial charge in [0.15, 0.2) is 0 Å². The van der Waals surface area contributed by atoms with Crippen LogP contribution in [-0.4, -0.2) is 9.97 Å². The lowest BCUT2D eigenvalue weighted by Crippen LogP contribution is -1.87. The molecule has 2 heterocycles. The Balaban J connectivity index is 2.22. The van der Waals surface area contributed by atoms with E-state index >= 15 is 0 Å². The topological polar surface area (TPSA) is 51.8 Å². The van der Waals surface area contributed by atoms with Crippen molar-refractivity contribution in [1.29, 1.82) is 0 Å². The van der Waals surface area contributed by atoms with E-state index in [4.69, 9.17) is 5.73 Å². The second kappa shape index (κ2) is 4.63. The molecule has 5 heteroatoms. The third-order valence-electron chi connectivity index (χ3n) is 1.69. The first-order valence-electron chi connectivity index (χ1n) is 4.25. The molecule has 0 saturated heterocycles. The predicted octanol–water partition coefficient (Wildman–Crippen LogP) is 2.97. The summed E-state index contributed by atoms with van der Waals surface area (Å²) in [5.74, 6) is 0. The molecule has 2 aromatic heterocycles. The van der Waals surface area contributed by atoms with Crippen molar-refractivity contribution in [2.75, 3.05) is 5.73 Å². The van der Waals surface area contributed by atoms with Crippen LogP contribution in [-0.2, 0) is 0 Å². The van der Waals surface area contributed by atoms with Crippen molar-refractivity contribution in [3.05, 3.63) is 41.1 Å². The quantitative estimate of drug-likeness (QED) is 0.920. The lowest BCUT2D eigenvalue weighted by Gasteiger charge is -2.01. The molecular weight excluding hydrogens is 274 g/mol. The largest absolute Gasteiger partial charge is 0.397 e. The summed E-state index contributed by atoms with van der Waals surface area (Å²) in [6.07, 6.45) is 3.39. The molecule has 0 aliphatic rings. The Kier molecular flexibility index (Phi) is 3.23. The molecule has 0 aromatic carbocycles. The molecule has 0 aliphatic carbocycles. The maximum atomic E-state index is 5.55. The number of hydrogen-bond donors (Lipinski definition) is 1. The van der Waals surface area contributed by atoms with E-state index in [9.17, 15) is 0 Å². The van der Waals surface area contributed by atoms with Crippen LogP contribution in [0.15, 0.2) is 51.2 Å². The molecule has 0 fully saturated rings. The first-order valence-corrected chi connectivity index (χ1v) is 5.86. The Morgan fingerprint density at radius 1 is 1.20 bits per heavy atom. The highest BCUT2D eigenvalue weighted by Crippen LogP contribution is 2.30. The van der Waals surface area contributed by atoms with Crippen LogP contribution in [0.25, 0.3) is 0 Å². The zero-order valence-corrected chi connectivity index (χ0v) is 10.1. The Labute approximate surface area is 100 Å². The van der Waals surface area contributed by atoms with Crippen LogP contribution >= 0.6 is 27.7 Å². The molecule has 0 amide bonds. The first kappa shape index (κ1) is 10.4. The smallest absolute Gasteiger partial charge is 0.116 e. The summed E-state index contributed by atoms with van der Waals surface area (Å²) in [6, 6.07) is 7.53. The highest BCUT2D eigenvalue weighted by Gasteiger charge is 2.03. The van der Waals surface area contributed by atoms with Crippen molar-refractivity contribution in [3.63, 3.8) is 0 Å². The summed E-state index contributed by atoms with van der Waals surface area (Å²) in [7, 11) is 0. The van der Waals surface area contributed by atoms with Gasteiger partial charge in [-0.1, -0.05) is 0 Å². The average Bonchev–Trinajstić information content (AvgIpc) is 2.25. The van der Waals surface area contributed by atoms with Crippen LogP contribution in [0, 0.1) is 0 Å². The van der Waals surface area contributed by atoms with Gasteiger partial charge in [0.05, 0.1) is 16.4 Å². The van der Waals surface area contributed by atoms with Crippen molar-refractivity contribution < 1.29 is 0 Å². The third-order valence-corrected chi connectivity index (χ3v) is 3.56. The van der Waals surface area contributed by atoms with Gasteiger partial charge in [0, 0.05) is 6.20 Å². The molecule has 0 bridgehead atoms. The van der Waals surface area contributed by atoms with E-state index in [-0.39, 0.29) is 0 Å². The minimum Gasteiger partial charge on any atom is -0.397 e. The Morgan fingerprint density at radius 2 is 2.07 bits per heavy atom. The van der Waals surface area contributed by atoms with E-state index in [0.29, 0.717) is 5.69 Å². The minimum atomic E-state index is 0.666. The number of anilines is 1. The van der Waals surface area contributed by atoms with Gasteiger partial charge in [-0.3, -0.25) is 0 Å². The molecule has 0 radical (unpaired) electrons. The van der Waals surface area contributed by atoms with E-state index in [0.717, 1.165) is 14.5 Å². The van der Waals surface area contributed by atoms with Gasteiger partial charge in [0.2, 0.25) is 0 Å². The number of nitrogens with zero attached hydrogens (tertiary/aromatic N) is 2. The maximum Gasteiger partial charge on any atom is 0.116 e. The summed E-state index contributed by atoms with van der Waals surface area (Å²) in [5, 5.41) is 1.78. The van der Waals surface area contributed by atoms with E-state index in [1.165, 1.54) is 11.8 Å². The number of pyridine rings is 2. The van der Waals surface area contributed by atoms with Crippen molar-refractivity contribution in [1.82, 2.24) is 9.97 Å². The molecule has 2 N–H and O–H groups in total. The second-order valence-corrected chi connectivity index (χ2v) is 4.69. The molecular formula is C10H8BrN3S. The van der Waals surface area contributed by atoms with Crippen molar-refractivity contribution in [2.45, 2.75) is 10.1 Å². The number of halogens is 1. The average molecular weight is 282 g/mol. The summed E-state index contributed by atoms with van der Waals surface area (Å²) in [6.45, 7) is 0. The third kappa shape index (κ3) is 2.70. The monoisotopic (exact) mass is 281 g/mol. The van der Waals surface area contributed by atoms with Crippen LogP contribution in [0.2, 0.25) is 0 Å². The van der Waals surface area contributed by atoms with Crippen molar-refractivity contribution in [3.8, 4) is 0 Å². The van der Waals surface area contributed by atoms with E-state index in [1.54, 1.807) is 12.4 Å². The number of nitrogen functional groups attached to an aromatic ring is 1. The fourth-order valence-electron chi connectivity index (χ4n) is 0.997. The highest BCUT2D eigenvalue weighted by atomic mass is 79.9. The summed E-state index contributed by atoms with van der Waals surface area (Å²) < 4.78 is 0.966. The van der Waals surface area contributed by atoms with Gasteiger partial charge in [0.1, 0.15) is 10.1 Å². The summed E-state index contributed by atoms with van der Waals surface area (Å²) in [4.78, 5) is 8.43. The number of rotatable bonds is 2. The predicted molar refractivity (Wildman–Crippen MR) is 64.7 cm³/mol. The zero-order valence-electron chi connectivity index (χ0n) is 7.72. The van der Waals surface area contributed by atoms with Crippen molar-refractivity contribution >= 4 is 33.4 Å². The Hall–Kier alpha value is -1.07. The molecule has 2 rings (SSSR count). The van der Waals surface area contributed by atoms with Crippen molar-refractivity contribution in [2.24, 2.45) is 0 Å². The van der Waals surface area contributed by atoms with Crippen LogP contribution in [0.1, 0.15) is 0 Å². The zero-order chi connectivity index (χ0) is 10.7. The van der Waals surface area contributed by atoms with Gasteiger partial charge in [0.25, 0.3) is 0 Å². The van der Waals surface area contributed by atoms with Gasteiger partial charge >= 0.3 is 0 Å². The van der Waals surface area contributed by atoms with Gasteiger partial charge < -0.3 is 5.73 Å². The fraction of sp³-hybridized carbons (Fsp3) is 0. The summed E-state index contributed by atoms with van der Waals surface area (Å²) >= 11 is 4.93. The summed E-state index contributed by atoms with van der Waals surface area (Å²) in [5.41, 5.74) is 6.22. The molecule has 0 unspecified atom stereocenters. The lowest BCUT2D eigenvalue weighted by molar-refractivity contribution is 1.08. The molecule has 76 valence electrons. The van der Waals surface area contributed by atoms with Crippen LogP contribution in [0.3, 0.4) is 0 Å². The van der Waals surface area contributed by atoms with Crippen LogP contribution < -0.4 is 5.73 Å². The molecule has 0 saturated carbocycles. The van der Waals surface area contributed by atoms with Gasteiger partial charge in [-0.05, 0) is 52.0 Å². The molecule has 0 spiro atoms. The number of hydrogen-bond acceptors (Lipinski definition) is 4. The normalized spacial score (nSPS) is 10.2. The van der Waals surface area contributed by atoms with Crippen LogP contribution in [0.4, 0.5) is 5.69 Å². The molecule has 2 aromatic rings. The van der Waals surface area contributed by atoms with Gasteiger partial charge in [-0.25, -0.2) is 9.97 Å². The van der Waals surface area contributed by atoms with Gasteiger partial charge in [-0.2, -0.15) is 0 Å². The molecule has 15 heavy (non-hydrogen) atoms. The minimum absolute atomic E-state index is 0.666. The van der Waals surface area contributed by atoms with Gasteiger partial charge in [-0.15, -0.1) is 0 Å².